The van der Waals surface area contributed by atoms with Gasteiger partial charge in [0.2, 0.25) is 5.95 Å². The van der Waals surface area contributed by atoms with Crippen molar-refractivity contribution in [3.05, 3.63) is 53.3 Å². The van der Waals surface area contributed by atoms with Gasteiger partial charge in [-0.05, 0) is 42.8 Å². The molecule has 0 spiro atoms. The molecular formula is C26H34N8O. The summed E-state index contributed by atoms with van der Waals surface area (Å²) in [6, 6.07) is 7.93. The standard InChI is InChI=1S/C24H28N8O.C2H6/c1-3-15-12-28-24(25)30-22(15)17-5-6-19(21-18(17)14-27-23(21)33)29-20-7-4-16(13-26-20)32-10-8-31(2)9-11-32;1-2/h4-7,12-13H,3,8-11,14H2,1-2H3,(H,26,29)(H,27,33)(H2,25,28,30);1-2H3. The number of hydrogen-bond donors (Lipinski definition) is 3. The normalized spacial score (nSPS) is 15.2. The monoisotopic (exact) mass is 474 g/mol. The lowest BCUT2D eigenvalue weighted by Crippen LogP contribution is -2.44. The van der Waals surface area contributed by atoms with E-state index in [2.05, 4.69) is 55.4 Å². The summed E-state index contributed by atoms with van der Waals surface area (Å²) in [5.41, 5.74) is 11.9. The van der Waals surface area contributed by atoms with Crippen LogP contribution in [0.4, 0.5) is 23.1 Å². The molecule has 184 valence electrons. The Kier molecular flexibility index (Phi) is 7.45. The van der Waals surface area contributed by atoms with Crippen molar-refractivity contribution < 1.29 is 4.79 Å². The number of rotatable bonds is 5. The molecule has 3 aromatic rings. The number of anilines is 4. The zero-order chi connectivity index (χ0) is 24.9. The number of hydrogen-bond acceptors (Lipinski definition) is 8. The molecule has 0 bridgehead atoms. The largest absolute Gasteiger partial charge is 0.368 e. The molecule has 0 unspecified atom stereocenters. The van der Waals surface area contributed by atoms with Gasteiger partial charge in [0.05, 0.1) is 28.8 Å². The minimum Gasteiger partial charge on any atom is -0.368 e. The van der Waals surface area contributed by atoms with E-state index in [0.717, 1.165) is 66.4 Å². The second kappa shape index (κ2) is 10.7. The Balaban J connectivity index is 0.00000141. The molecule has 2 aromatic heterocycles. The van der Waals surface area contributed by atoms with E-state index in [1.165, 1.54) is 0 Å². The molecule has 35 heavy (non-hydrogen) atoms. The van der Waals surface area contributed by atoms with Gasteiger partial charge in [0.25, 0.3) is 5.91 Å². The van der Waals surface area contributed by atoms with Crippen molar-refractivity contribution in [2.75, 3.05) is 49.2 Å². The van der Waals surface area contributed by atoms with Crippen LogP contribution in [0.2, 0.25) is 0 Å². The zero-order valence-corrected chi connectivity index (χ0v) is 20.9. The van der Waals surface area contributed by atoms with Gasteiger partial charge in [0, 0.05) is 44.5 Å². The third kappa shape index (κ3) is 5.05. The number of piperazine rings is 1. The minimum absolute atomic E-state index is 0.108. The number of nitrogens with one attached hydrogen (secondary N) is 2. The first-order chi connectivity index (χ1) is 17.0. The van der Waals surface area contributed by atoms with Crippen LogP contribution in [0.15, 0.2) is 36.7 Å². The molecule has 5 rings (SSSR count). The maximum absolute atomic E-state index is 12.7. The Hall–Kier alpha value is -3.72. The van der Waals surface area contributed by atoms with E-state index in [9.17, 15) is 4.79 Å². The molecule has 0 atom stereocenters. The van der Waals surface area contributed by atoms with Gasteiger partial charge in [0.1, 0.15) is 5.82 Å². The number of carbonyl (C=O) groups is 1. The molecule has 0 saturated carbocycles. The molecule has 1 saturated heterocycles. The highest BCUT2D eigenvalue weighted by atomic mass is 16.1. The van der Waals surface area contributed by atoms with Gasteiger partial charge < -0.3 is 26.2 Å². The third-order valence-corrected chi connectivity index (χ3v) is 6.36. The van der Waals surface area contributed by atoms with Crippen LogP contribution < -0.4 is 21.3 Å². The highest BCUT2D eigenvalue weighted by Crippen LogP contribution is 2.36. The lowest BCUT2D eigenvalue weighted by Gasteiger charge is -2.33. The van der Waals surface area contributed by atoms with Gasteiger partial charge in [-0.15, -0.1) is 0 Å². The van der Waals surface area contributed by atoms with Crippen molar-refractivity contribution in [2.24, 2.45) is 0 Å². The van der Waals surface area contributed by atoms with Gasteiger partial charge in [-0.25, -0.2) is 15.0 Å². The van der Waals surface area contributed by atoms with Gasteiger partial charge in [-0.2, -0.15) is 0 Å². The van der Waals surface area contributed by atoms with Crippen molar-refractivity contribution in [1.82, 2.24) is 25.2 Å². The van der Waals surface area contributed by atoms with E-state index in [-0.39, 0.29) is 11.9 Å². The number of aromatic nitrogens is 3. The van der Waals surface area contributed by atoms with E-state index < -0.39 is 0 Å². The molecule has 1 aromatic carbocycles. The lowest BCUT2D eigenvalue weighted by atomic mass is 9.96. The number of likely N-dealkylation sites (N-methyl/N-ethyl adjacent to an activating group) is 1. The Morgan fingerprint density at radius 3 is 2.51 bits per heavy atom. The average Bonchev–Trinajstić information content (AvgIpc) is 3.28. The first kappa shape index (κ1) is 24.4. The SMILES string of the molecule is CC.CCc1cnc(N)nc1-c1ccc(Nc2ccc(N3CCN(C)CC3)cn2)c2c1CNC2=O. The van der Waals surface area contributed by atoms with Crippen LogP contribution in [-0.2, 0) is 13.0 Å². The predicted octanol–water partition coefficient (Wildman–Crippen LogP) is 3.45. The van der Waals surface area contributed by atoms with E-state index in [4.69, 9.17) is 5.73 Å². The average molecular weight is 475 g/mol. The fourth-order valence-electron chi connectivity index (χ4n) is 4.44. The van der Waals surface area contributed by atoms with Gasteiger partial charge in [-0.3, -0.25) is 4.79 Å². The number of carbonyl (C=O) groups excluding carboxylic acids is 1. The van der Waals surface area contributed by atoms with Crippen molar-refractivity contribution in [2.45, 2.75) is 33.7 Å². The van der Waals surface area contributed by atoms with Gasteiger partial charge in [0.15, 0.2) is 0 Å². The fraction of sp³-hybridized carbons (Fsp3) is 0.385. The molecular weight excluding hydrogens is 440 g/mol. The fourth-order valence-corrected chi connectivity index (χ4v) is 4.44. The van der Waals surface area contributed by atoms with E-state index in [0.29, 0.717) is 17.9 Å². The summed E-state index contributed by atoms with van der Waals surface area (Å²) in [4.78, 5) is 30.6. The molecule has 0 radical (unpaired) electrons. The number of nitrogen functional groups attached to an aromatic ring is 1. The zero-order valence-electron chi connectivity index (χ0n) is 20.9. The summed E-state index contributed by atoms with van der Waals surface area (Å²) < 4.78 is 0. The highest BCUT2D eigenvalue weighted by molar-refractivity contribution is 6.06. The van der Waals surface area contributed by atoms with Crippen LogP contribution in [0, 0.1) is 0 Å². The van der Waals surface area contributed by atoms with Crippen LogP contribution in [0.25, 0.3) is 11.3 Å². The van der Waals surface area contributed by atoms with Crippen LogP contribution in [0.1, 0.15) is 42.3 Å². The van der Waals surface area contributed by atoms with Crippen molar-refractivity contribution in [3.8, 4) is 11.3 Å². The smallest absolute Gasteiger partial charge is 0.254 e. The topological polar surface area (TPSA) is 112 Å². The number of amides is 1. The lowest BCUT2D eigenvalue weighted by molar-refractivity contribution is 0.0966. The summed E-state index contributed by atoms with van der Waals surface area (Å²) in [7, 11) is 2.14. The molecule has 2 aliphatic rings. The number of fused-ring (bicyclic) bond motifs is 1. The minimum atomic E-state index is -0.108. The van der Waals surface area contributed by atoms with E-state index >= 15 is 0 Å². The Morgan fingerprint density at radius 2 is 1.83 bits per heavy atom. The summed E-state index contributed by atoms with van der Waals surface area (Å²) >= 11 is 0. The van der Waals surface area contributed by atoms with Crippen molar-refractivity contribution in [1.29, 1.82) is 0 Å². The summed E-state index contributed by atoms with van der Waals surface area (Å²) in [6.07, 6.45) is 4.42. The maximum Gasteiger partial charge on any atom is 0.254 e. The van der Waals surface area contributed by atoms with E-state index in [1.54, 1.807) is 6.20 Å². The molecule has 1 fully saturated rings. The van der Waals surface area contributed by atoms with Crippen LogP contribution in [0.5, 0.6) is 0 Å². The number of nitrogens with two attached hydrogens (primary N) is 1. The van der Waals surface area contributed by atoms with Gasteiger partial charge in [-0.1, -0.05) is 26.8 Å². The first-order valence-corrected chi connectivity index (χ1v) is 12.3. The predicted molar refractivity (Wildman–Crippen MR) is 141 cm³/mol. The summed E-state index contributed by atoms with van der Waals surface area (Å²) in [5.74, 6) is 0.812. The molecule has 4 heterocycles. The summed E-state index contributed by atoms with van der Waals surface area (Å²) in [6.45, 7) is 10.6. The van der Waals surface area contributed by atoms with Crippen molar-refractivity contribution in [3.63, 3.8) is 0 Å². The molecule has 4 N–H and O–H groups in total. The van der Waals surface area contributed by atoms with Gasteiger partial charge >= 0.3 is 0 Å². The second-order valence-electron chi connectivity index (χ2n) is 8.47. The Labute approximate surface area is 206 Å². The molecule has 0 aliphatic carbocycles. The molecule has 9 nitrogen and oxygen atoms in total. The number of aryl methyl sites for hydroxylation is 1. The van der Waals surface area contributed by atoms with Crippen LogP contribution in [-0.4, -0.2) is 59.0 Å². The number of nitrogens with zero attached hydrogens (tertiary/aromatic N) is 5. The third-order valence-electron chi connectivity index (χ3n) is 6.36. The molecule has 1 amide bonds. The quantitative estimate of drug-likeness (QED) is 0.516. The maximum atomic E-state index is 12.7. The number of pyridine rings is 1. The van der Waals surface area contributed by atoms with Crippen LogP contribution in [0.3, 0.4) is 0 Å². The number of benzene rings is 1. The second-order valence-corrected chi connectivity index (χ2v) is 8.47. The molecule has 2 aliphatic heterocycles. The molecule has 9 heteroatoms. The summed E-state index contributed by atoms with van der Waals surface area (Å²) in [5, 5.41) is 6.28. The van der Waals surface area contributed by atoms with Crippen molar-refractivity contribution >= 4 is 29.0 Å². The Morgan fingerprint density at radius 1 is 1.06 bits per heavy atom. The van der Waals surface area contributed by atoms with Crippen LogP contribution >= 0.6 is 0 Å². The first-order valence-electron chi connectivity index (χ1n) is 12.3. The Bertz CT molecular complexity index is 1190. The van der Waals surface area contributed by atoms with E-state index in [1.807, 2.05) is 38.2 Å². The highest BCUT2D eigenvalue weighted by Gasteiger charge is 2.27.